The molecule has 1 atom stereocenters. The van der Waals surface area contributed by atoms with E-state index < -0.39 is 0 Å². The van der Waals surface area contributed by atoms with Crippen LogP contribution < -0.4 is 16.6 Å². The van der Waals surface area contributed by atoms with E-state index in [1.807, 2.05) is 11.6 Å². The van der Waals surface area contributed by atoms with Crippen LogP contribution in [-0.2, 0) is 0 Å². The zero-order chi connectivity index (χ0) is 12.8. The van der Waals surface area contributed by atoms with Gasteiger partial charge in [0.2, 0.25) is 5.96 Å². The molecule has 1 aliphatic carbocycles. The Morgan fingerprint density at radius 2 is 2.39 bits per heavy atom. The molecule has 0 radical (unpaired) electrons. The Kier molecular flexibility index (Phi) is 4.95. The lowest BCUT2D eigenvalue weighted by Gasteiger charge is -2.15. The van der Waals surface area contributed by atoms with E-state index in [4.69, 9.17) is 5.84 Å². The number of thiazole rings is 1. The monoisotopic (exact) mass is 267 g/mol. The van der Waals surface area contributed by atoms with E-state index in [1.165, 1.54) is 25.7 Å². The Balaban J connectivity index is 1.85. The summed E-state index contributed by atoms with van der Waals surface area (Å²) in [6.07, 6.45) is 6.85. The summed E-state index contributed by atoms with van der Waals surface area (Å²) in [4.78, 5) is 8.80. The normalized spacial score (nSPS) is 18.9. The molecule has 6 heteroatoms. The van der Waals surface area contributed by atoms with Crippen molar-refractivity contribution in [1.29, 1.82) is 0 Å². The number of rotatable bonds is 4. The first kappa shape index (κ1) is 13.3. The molecule has 0 aromatic carbocycles. The molecule has 1 fully saturated rings. The van der Waals surface area contributed by atoms with Crippen molar-refractivity contribution in [2.45, 2.75) is 44.6 Å². The fourth-order valence-corrected chi connectivity index (χ4v) is 2.87. The topological polar surface area (TPSA) is 75.3 Å². The van der Waals surface area contributed by atoms with Crippen LogP contribution in [0.1, 0.15) is 43.5 Å². The van der Waals surface area contributed by atoms with Crippen LogP contribution in [0.5, 0.6) is 0 Å². The lowest BCUT2D eigenvalue weighted by molar-refractivity contribution is 0.612. The number of hydrogen-bond acceptors (Lipinski definition) is 4. The summed E-state index contributed by atoms with van der Waals surface area (Å²) in [6, 6.07) is 0.523. The molecule has 1 aromatic rings. The van der Waals surface area contributed by atoms with Crippen LogP contribution in [0.2, 0.25) is 0 Å². The third-order valence-electron chi connectivity index (χ3n) is 3.23. The van der Waals surface area contributed by atoms with E-state index in [0.29, 0.717) is 24.5 Å². The zero-order valence-electron chi connectivity index (χ0n) is 10.7. The first-order valence-electron chi connectivity index (χ1n) is 6.46. The number of nitrogens with one attached hydrogen (secondary N) is 2. The average Bonchev–Trinajstić information content (AvgIpc) is 3.06. The summed E-state index contributed by atoms with van der Waals surface area (Å²) in [5.74, 6) is 6.53. The summed E-state index contributed by atoms with van der Waals surface area (Å²) >= 11 is 1.67. The fourth-order valence-electron chi connectivity index (χ4n) is 2.18. The van der Waals surface area contributed by atoms with Crippen molar-refractivity contribution >= 4 is 17.3 Å². The van der Waals surface area contributed by atoms with Crippen LogP contribution in [0.25, 0.3) is 0 Å². The molecule has 1 aromatic heterocycles. The maximum Gasteiger partial charge on any atom is 0.205 e. The Hall–Kier alpha value is -1.14. The van der Waals surface area contributed by atoms with E-state index in [9.17, 15) is 0 Å². The quantitative estimate of drug-likeness (QED) is 0.335. The van der Waals surface area contributed by atoms with Crippen molar-refractivity contribution < 1.29 is 0 Å². The van der Waals surface area contributed by atoms with Gasteiger partial charge in [-0.05, 0) is 12.8 Å². The van der Waals surface area contributed by atoms with Gasteiger partial charge in [0.05, 0.1) is 11.6 Å². The third-order valence-corrected chi connectivity index (χ3v) is 4.24. The summed E-state index contributed by atoms with van der Waals surface area (Å²) in [6.45, 7) is 2.83. The second kappa shape index (κ2) is 6.70. The number of aliphatic imine (C=N–C) groups is 1. The van der Waals surface area contributed by atoms with E-state index in [0.717, 1.165) is 5.01 Å². The maximum absolute atomic E-state index is 5.50. The molecule has 1 aliphatic rings. The van der Waals surface area contributed by atoms with Crippen molar-refractivity contribution in [1.82, 2.24) is 15.7 Å². The zero-order valence-corrected chi connectivity index (χ0v) is 11.5. The molecule has 4 N–H and O–H groups in total. The number of nitrogens with two attached hydrogens (primary N) is 1. The van der Waals surface area contributed by atoms with E-state index in [-0.39, 0.29) is 0 Å². The summed E-state index contributed by atoms with van der Waals surface area (Å²) in [7, 11) is 0. The van der Waals surface area contributed by atoms with Crippen LogP contribution >= 0.6 is 11.3 Å². The maximum atomic E-state index is 5.50. The minimum absolute atomic E-state index is 0.332. The van der Waals surface area contributed by atoms with Crippen molar-refractivity contribution in [2.24, 2.45) is 10.8 Å². The second-order valence-corrected chi connectivity index (χ2v) is 5.66. The number of hydrogen-bond donors (Lipinski definition) is 3. The molecule has 1 unspecified atom stereocenters. The molecule has 18 heavy (non-hydrogen) atoms. The van der Waals surface area contributed by atoms with Gasteiger partial charge in [0.25, 0.3) is 0 Å². The second-order valence-electron chi connectivity index (χ2n) is 4.73. The van der Waals surface area contributed by atoms with Crippen LogP contribution in [0.15, 0.2) is 16.6 Å². The van der Waals surface area contributed by atoms with E-state index in [1.54, 1.807) is 11.3 Å². The van der Waals surface area contributed by atoms with E-state index >= 15 is 0 Å². The number of guanidine groups is 1. The highest BCUT2D eigenvalue weighted by Gasteiger charge is 2.16. The van der Waals surface area contributed by atoms with Gasteiger partial charge in [-0.25, -0.2) is 10.8 Å². The van der Waals surface area contributed by atoms with Crippen LogP contribution in [0.4, 0.5) is 0 Å². The third kappa shape index (κ3) is 3.68. The van der Waals surface area contributed by atoms with Gasteiger partial charge in [-0.3, -0.25) is 10.4 Å². The van der Waals surface area contributed by atoms with Crippen LogP contribution in [-0.4, -0.2) is 23.5 Å². The van der Waals surface area contributed by atoms with Crippen molar-refractivity contribution in [3.8, 4) is 0 Å². The van der Waals surface area contributed by atoms with Gasteiger partial charge in [0, 0.05) is 23.5 Å². The highest BCUT2D eigenvalue weighted by atomic mass is 32.1. The first-order valence-corrected chi connectivity index (χ1v) is 7.34. The molecular formula is C12H21N5S. The van der Waals surface area contributed by atoms with Gasteiger partial charge in [0.15, 0.2) is 0 Å². The molecule has 1 saturated carbocycles. The molecule has 5 nitrogen and oxygen atoms in total. The first-order chi connectivity index (χ1) is 8.79. The van der Waals surface area contributed by atoms with Crippen molar-refractivity contribution in [3.63, 3.8) is 0 Å². The van der Waals surface area contributed by atoms with Gasteiger partial charge in [-0.15, -0.1) is 11.3 Å². The minimum atomic E-state index is 0.332. The highest BCUT2D eigenvalue weighted by Crippen LogP contribution is 2.18. The molecule has 0 saturated heterocycles. The fraction of sp³-hybridized carbons (Fsp3) is 0.667. The SMILES string of the molecule is CC(CN=C(NN)NC1CCCC1)c1nccs1. The van der Waals surface area contributed by atoms with Gasteiger partial charge < -0.3 is 5.32 Å². The van der Waals surface area contributed by atoms with Crippen molar-refractivity contribution in [2.75, 3.05) is 6.54 Å². The average molecular weight is 267 g/mol. The number of aromatic nitrogens is 1. The molecule has 0 spiro atoms. The van der Waals surface area contributed by atoms with Gasteiger partial charge in [-0.2, -0.15) is 0 Å². The predicted octanol–water partition coefficient (Wildman–Crippen LogP) is 1.60. The number of nitrogens with zero attached hydrogens (tertiary/aromatic N) is 2. The standard InChI is InChI=1S/C12H21N5S/c1-9(11-14-6-7-18-11)8-15-12(17-13)16-10-4-2-3-5-10/h6-7,9-10H,2-5,8,13H2,1H3,(H2,15,16,17). The Morgan fingerprint density at radius 1 is 1.61 bits per heavy atom. The molecule has 1 heterocycles. The molecule has 0 amide bonds. The molecule has 2 rings (SSSR count). The lowest BCUT2D eigenvalue weighted by atomic mass is 10.2. The lowest BCUT2D eigenvalue weighted by Crippen LogP contribution is -2.45. The van der Waals surface area contributed by atoms with Crippen LogP contribution in [0, 0.1) is 0 Å². The minimum Gasteiger partial charge on any atom is -0.353 e. The summed E-state index contributed by atoms with van der Waals surface area (Å²) < 4.78 is 0. The van der Waals surface area contributed by atoms with Gasteiger partial charge >= 0.3 is 0 Å². The summed E-state index contributed by atoms with van der Waals surface area (Å²) in [5.41, 5.74) is 2.65. The Labute approximate surface area is 112 Å². The largest absolute Gasteiger partial charge is 0.353 e. The summed E-state index contributed by atoms with van der Waals surface area (Å²) in [5, 5.41) is 6.48. The van der Waals surface area contributed by atoms with Crippen molar-refractivity contribution in [3.05, 3.63) is 16.6 Å². The molecule has 100 valence electrons. The predicted molar refractivity (Wildman–Crippen MR) is 75.5 cm³/mol. The van der Waals surface area contributed by atoms with Gasteiger partial charge in [-0.1, -0.05) is 19.8 Å². The Bertz CT molecular complexity index is 370. The molecule has 0 aliphatic heterocycles. The molecule has 0 bridgehead atoms. The molecular weight excluding hydrogens is 246 g/mol. The van der Waals surface area contributed by atoms with Crippen LogP contribution in [0.3, 0.4) is 0 Å². The highest BCUT2D eigenvalue weighted by molar-refractivity contribution is 7.09. The smallest absolute Gasteiger partial charge is 0.205 e. The van der Waals surface area contributed by atoms with E-state index in [2.05, 4.69) is 27.6 Å². The van der Waals surface area contributed by atoms with Gasteiger partial charge in [0.1, 0.15) is 0 Å². The number of hydrazine groups is 1. The Morgan fingerprint density at radius 3 is 3.00 bits per heavy atom.